The fourth-order valence-electron chi connectivity index (χ4n) is 2.00. The molecule has 1 rings (SSSR count). The summed E-state index contributed by atoms with van der Waals surface area (Å²) in [4.78, 5) is 11.6. The van der Waals surface area contributed by atoms with Crippen molar-refractivity contribution in [3.05, 3.63) is 59.2 Å². The van der Waals surface area contributed by atoms with E-state index >= 15 is 0 Å². The molecule has 1 unspecified atom stereocenters. The quantitative estimate of drug-likeness (QED) is 0.635. The summed E-state index contributed by atoms with van der Waals surface area (Å²) in [6, 6.07) is 6.56. The standard InChI is InChI=1S/C17H23NO/c1-5-6-7-8-17(19)18-15(4)12-16-10-9-13(2)11-14(16)3/h5-11,15H,12H2,1-4H3,(H,18,19). The number of amides is 1. The Bertz CT molecular complexity index is 486. The Morgan fingerprint density at radius 1 is 1.32 bits per heavy atom. The second kappa shape index (κ2) is 7.57. The molecule has 1 atom stereocenters. The molecule has 1 aromatic carbocycles. The first-order valence-corrected chi connectivity index (χ1v) is 6.69. The molecule has 0 aromatic heterocycles. The average molecular weight is 257 g/mol. The number of carbonyl (C=O) groups excluding carboxylic acids is 1. The van der Waals surface area contributed by atoms with Crippen molar-refractivity contribution in [2.75, 3.05) is 0 Å². The zero-order valence-corrected chi connectivity index (χ0v) is 12.2. The third kappa shape index (κ3) is 5.56. The van der Waals surface area contributed by atoms with Crippen LogP contribution < -0.4 is 5.32 Å². The Balaban J connectivity index is 2.55. The van der Waals surface area contributed by atoms with Crippen LogP contribution in [-0.4, -0.2) is 11.9 Å². The van der Waals surface area contributed by atoms with Crippen LogP contribution in [0.1, 0.15) is 30.5 Å². The van der Waals surface area contributed by atoms with Gasteiger partial charge in [0.2, 0.25) is 5.91 Å². The number of rotatable bonds is 5. The predicted molar refractivity (Wildman–Crippen MR) is 81.2 cm³/mol. The largest absolute Gasteiger partial charge is 0.350 e. The van der Waals surface area contributed by atoms with Crippen molar-refractivity contribution in [3.63, 3.8) is 0 Å². The van der Waals surface area contributed by atoms with Gasteiger partial charge in [-0.05, 0) is 45.2 Å². The van der Waals surface area contributed by atoms with Crippen LogP contribution in [0.15, 0.2) is 42.5 Å². The van der Waals surface area contributed by atoms with Crippen LogP contribution in [0.4, 0.5) is 0 Å². The average Bonchev–Trinajstić information content (AvgIpc) is 2.33. The van der Waals surface area contributed by atoms with Crippen molar-refractivity contribution in [2.45, 2.75) is 40.2 Å². The summed E-state index contributed by atoms with van der Waals surface area (Å²) in [5.74, 6) is -0.0460. The highest BCUT2D eigenvalue weighted by atomic mass is 16.1. The molecule has 2 heteroatoms. The Kier molecular flexibility index (Phi) is 6.07. The molecule has 2 nitrogen and oxygen atoms in total. The maximum absolute atomic E-state index is 11.6. The highest BCUT2D eigenvalue weighted by molar-refractivity contribution is 5.87. The highest BCUT2D eigenvalue weighted by Gasteiger charge is 2.07. The summed E-state index contributed by atoms with van der Waals surface area (Å²) < 4.78 is 0. The minimum atomic E-state index is -0.0460. The molecule has 0 radical (unpaired) electrons. The third-order valence-corrected chi connectivity index (χ3v) is 2.96. The van der Waals surface area contributed by atoms with Gasteiger partial charge in [-0.3, -0.25) is 4.79 Å². The molecule has 1 aromatic rings. The van der Waals surface area contributed by atoms with Gasteiger partial charge < -0.3 is 5.32 Å². The minimum Gasteiger partial charge on any atom is -0.350 e. The van der Waals surface area contributed by atoms with Gasteiger partial charge in [0.05, 0.1) is 0 Å². The van der Waals surface area contributed by atoms with Gasteiger partial charge in [0, 0.05) is 12.1 Å². The lowest BCUT2D eigenvalue weighted by molar-refractivity contribution is -0.117. The van der Waals surface area contributed by atoms with Gasteiger partial charge in [-0.2, -0.15) is 0 Å². The molecule has 0 fully saturated rings. The van der Waals surface area contributed by atoms with Crippen LogP contribution in [0.3, 0.4) is 0 Å². The van der Waals surface area contributed by atoms with Crippen LogP contribution in [0, 0.1) is 13.8 Å². The maximum Gasteiger partial charge on any atom is 0.244 e. The van der Waals surface area contributed by atoms with E-state index in [9.17, 15) is 4.79 Å². The van der Waals surface area contributed by atoms with Gasteiger partial charge in [0.1, 0.15) is 0 Å². The smallest absolute Gasteiger partial charge is 0.244 e. The van der Waals surface area contributed by atoms with E-state index in [2.05, 4.69) is 37.4 Å². The summed E-state index contributed by atoms with van der Waals surface area (Å²) in [6.07, 6.45) is 7.89. The number of nitrogens with one attached hydrogen (secondary N) is 1. The first-order chi connectivity index (χ1) is 9.02. The summed E-state index contributed by atoms with van der Waals surface area (Å²) in [6.45, 7) is 8.16. The molecular formula is C17H23NO. The first kappa shape index (κ1) is 15.2. The first-order valence-electron chi connectivity index (χ1n) is 6.69. The minimum absolute atomic E-state index is 0.0460. The number of benzene rings is 1. The molecule has 0 saturated heterocycles. The zero-order chi connectivity index (χ0) is 14.3. The molecule has 0 aliphatic rings. The fraction of sp³-hybridized carbons (Fsp3) is 0.353. The molecular weight excluding hydrogens is 234 g/mol. The SMILES string of the molecule is CC=CC=CC(=O)NC(C)Cc1ccc(C)cc1C. The van der Waals surface area contributed by atoms with Crippen LogP contribution in [0.2, 0.25) is 0 Å². The van der Waals surface area contributed by atoms with E-state index in [4.69, 9.17) is 0 Å². The van der Waals surface area contributed by atoms with Crippen molar-refractivity contribution >= 4 is 5.91 Å². The van der Waals surface area contributed by atoms with Gasteiger partial charge in [0.15, 0.2) is 0 Å². The molecule has 19 heavy (non-hydrogen) atoms. The van der Waals surface area contributed by atoms with E-state index in [0.717, 1.165) is 6.42 Å². The van der Waals surface area contributed by atoms with E-state index < -0.39 is 0 Å². The van der Waals surface area contributed by atoms with Crippen molar-refractivity contribution in [2.24, 2.45) is 0 Å². The third-order valence-electron chi connectivity index (χ3n) is 2.96. The fourth-order valence-corrected chi connectivity index (χ4v) is 2.00. The Morgan fingerprint density at radius 3 is 2.68 bits per heavy atom. The van der Waals surface area contributed by atoms with Gasteiger partial charge in [-0.1, -0.05) is 42.0 Å². The van der Waals surface area contributed by atoms with Crippen LogP contribution in [0.25, 0.3) is 0 Å². The van der Waals surface area contributed by atoms with Gasteiger partial charge >= 0.3 is 0 Å². The molecule has 0 spiro atoms. The van der Waals surface area contributed by atoms with Crippen LogP contribution in [-0.2, 0) is 11.2 Å². The number of allylic oxidation sites excluding steroid dienone is 3. The summed E-state index contributed by atoms with van der Waals surface area (Å²) in [7, 11) is 0. The van der Waals surface area contributed by atoms with E-state index in [1.807, 2.05) is 26.0 Å². The summed E-state index contributed by atoms with van der Waals surface area (Å²) >= 11 is 0. The van der Waals surface area contributed by atoms with E-state index in [0.29, 0.717) is 0 Å². The van der Waals surface area contributed by atoms with Gasteiger partial charge in [-0.25, -0.2) is 0 Å². The van der Waals surface area contributed by atoms with Gasteiger partial charge in [-0.15, -0.1) is 0 Å². The molecule has 0 aliphatic carbocycles. The number of aryl methyl sites for hydroxylation is 2. The lowest BCUT2D eigenvalue weighted by Gasteiger charge is -2.14. The lowest BCUT2D eigenvalue weighted by atomic mass is 10.00. The second-order valence-electron chi connectivity index (χ2n) is 4.93. The molecule has 0 saturated carbocycles. The molecule has 0 aliphatic heterocycles. The van der Waals surface area contributed by atoms with Gasteiger partial charge in [0.25, 0.3) is 0 Å². The summed E-state index contributed by atoms with van der Waals surface area (Å²) in [5.41, 5.74) is 3.84. The second-order valence-corrected chi connectivity index (χ2v) is 4.93. The zero-order valence-electron chi connectivity index (χ0n) is 12.2. The number of carbonyl (C=O) groups is 1. The lowest BCUT2D eigenvalue weighted by Crippen LogP contribution is -2.32. The van der Waals surface area contributed by atoms with Crippen molar-refractivity contribution in [1.82, 2.24) is 5.32 Å². The predicted octanol–water partition coefficient (Wildman–Crippen LogP) is 3.48. The maximum atomic E-state index is 11.6. The van der Waals surface area contributed by atoms with E-state index in [-0.39, 0.29) is 11.9 Å². The Hall–Kier alpha value is -1.83. The van der Waals surface area contributed by atoms with Crippen LogP contribution in [0.5, 0.6) is 0 Å². The van der Waals surface area contributed by atoms with Crippen LogP contribution >= 0.6 is 0 Å². The molecule has 1 amide bonds. The Labute approximate surface area is 116 Å². The Morgan fingerprint density at radius 2 is 2.05 bits per heavy atom. The van der Waals surface area contributed by atoms with E-state index in [1.165, 1.54) is 16.7 Å². The van der Waals surface area contributed by atoms with E-state index in [1.54, 1.807) is 12.2 Å². The topological polar surface area (TPSA) is 29.1 Å². The highest BCUT2D eigenvalue weighted by Crippen LogP contribution is 2.12. The van der Waals surface area contributed by atoms with Crippen molar-refractivity contribution in [1.29, 1.82) is 0 Å². The molecule has 1 N–H and O–H groups in total. The number of hydrogen-bond donors (Lipinski definition) is 1. The normalized spacial score (nSPS) is 13.1. The number of hydrogen-bond acceptors (Lipinski definition) is 1. The monoisotopic (exact) mass is 257 g/mol. The van der Waals surface area contributed by atoms with Crippen molar-refractivity contribution < 1.29 is 4.79 Å². The molecule has 0 heterocycles. The van der Waals surface area contributed by atoms with Crippen molar-refractivity contribution in [3.8, 4) is 0 Å². The summed E-state index contributed by atoms with van der Waals surface area (Å²) in [5, 5.41) is 2.97. The molecule has 0 bridgehead atoms. The molecule has 102 valence electrons.